The molecule has 1 amide bonds. The number of hydrogen-bond donors (Lipinski definition) is 2. The lowest BCUT2D eigenvalue weighted by molar-refractivity contribution is 0.0933. The molecule has 110 valence electrons. The van der Waals surface area contributed by atoms with Crippen LogP contribution in [-0.2, 0) is 13.5 Å². The molecule has 1 heterocycles. The average Bonchev–Trinajstić information content (AvgIpc) is 2.81. The van der Waals surface area contributed by atoms with E-state index in [1.54, 1.807) is 18.2 Å². The Morgan fingerprint density at radius 2 is 2.33 bits per heavy atom. The molecule has 1 unspecified atom stereocenters. The molecule has 1 aliphatic carbocycles. The lowest BCUT2D eigenvalue weighted by Gasteiger charge is -2.24. The number of aryl methyl sites for hydroxylation is 1. The first kappa shape index (κ1) is 13.9. The third-order valence-corrected chi connectivity index (χ3v) is 4.17. The van der Waals surface area contributed by atoms with Crippen molar-refractivity contribution in [1.82, 2.24) is 15.1 Å². The number of nitrogens with zero attached hydrogens (tertiary/aromatic N) is 2. The maximum atomic E-state index is 12.4. The molecule has 1 aliphatic rings. The van der Waals surface area contributed by atoms with Crippen molar-refractivity contribution in [2.45, 2.75) is 25.3 Å². The largest absolute Gasteiger partial charge is 0.398 e. The van der Waals surface area contributed by atoms with Crippen molar-refractivity contribution in [3.8, 4) is 0 Å². The summed E-state index contributed by atoms with van der Waals surface area (Å²) in [6, 6.07) is 4.90. The number of halogens is 1. The summed E-state index contributed by atoms with van der Waals surface area (Å²) in [6.45, 7) is 0. The van der Waals surface area contributed by atoms with Gasteiger partial charge in [0, 0.05) is 29.0 Å². The summed E-state index contributed by atoms with van der Waals surface area (Å²) in [5.41, 5.74) is 9.00. The highest BCUT2D eigenvalue weighted by Gasteiger charge is 2.25. The maximum Gasteiger partial charge on any atom is 0.253 e. The zero-order valence-electron chi connectivity index (χ0n) is 11.8. The van der Waals surface area contributed by atoms with Crippen LogP contribution in [0, 0.1) is 0 Å². The minimum absolute atomic E-state index is 0.00923. The molecule has 0 saturated carbocycles. The van der Waals surface area contributed by atoms with Crippen LogP contribution in [0.15, 0.2) is 24.4 Å². The third kappa shape index (κ3) is 2.61. The van der Waals surface area contributed by atoms with Gasteiger partial charge in [0.2, 0.25) is 0 Å². The van der Waals surface area contributed by atoms with Crippen molar-refractivity contribution in [3.63, 3.8) is 0 Å². The van der Waals surface area contributed by atoms with E-state index in [-0.39, 0.29) is 11.9 Å². The normalized spacial score (nSPS) is 17.3. The van der Waals surface area contributed by atoms with E-state index in [0.717, 1.165) is 24.8 Å². The fourth-order valence-electron chi connectivity index (χ4n) is 2.83. The summed E-state index contributed by atoms with van der Waals surface area (Å²) >= 11 is 5.86. The monoisotopic (exact) mass is 304 g/mol. The van der Waals surface area contributed by atoms with Crippen molar-refractivity contribution < 1.29 is 4.79 Å². The van der Waals surface area contributed by atoms with Gasteiger partial charge in [0.25, 0.3) is 5.91 Å². The van der Waals surface area contributed by atoms with E-state index in [1.807, 2.05) is 17.9 Å². The van der Waals surface area contributed by atoms with Crippen molar-refractivity contribution in [2.75, 3.05) is 5.73 Å². The SMILES string of the molecule is Cn1ncc2c1CCCC2NC(=O)c1ccc(Cl)cc1N. The van der Waals surface area contributed by atoms with Crippen LogP contribution in [-0.4, -0.2) is 15.7 Å². The molecule has 21 heavy (non-hydrogen) atoms. The number of anilines is 1. The van der Waals surface area contributed by atoms with Gasteiger partial charge in [-0.2, -0.15) is 5.10 Å². The van der Waals surface area contributed by atoms with Crippen LogP contribution < -0.4 is 11.1 Å². The molecule has 1 aromatic heterocycles. The zero-order valence-corrected chi connectivity index (χ0v) is 12.5. The number of aromatic nitrogens is 2. The number of carbonyl (C=O) groups excluding carboxylic acids is 1. The highest BCUT2D eigenvalue weighted by molar-refractivity contribution is 6.31. The Morgan fingerprint density at radius 3 is 3.10 bits per heavy atom. The number of carbonyl (C=O) groups is 1. The van der Waals surface area contributed by atoms with Gasteiger partial charge < -0.3 is 11.1 Å². The molecule has 0 spiro atoms. The average molecular weight is 305 g/mol. The molecule has 0 radical (unpaired) electrons. The standard InChI is InChI=1S/C15H17ClN4O/c1-20-14-4-2-3-13(11(14)8-18-20)19-15(21)10-6-5-9(16)7-12(10)17/h5-8,13H,2-4,17H2,1H3,(H,19,21). The number of rotatable bonds is 2. The lowest BCUT2D eigenvalue weighted by Crippen LogP contribution is -2.31. The van der Waals surface area contributed by atoms with Gasteiger partial charge in [-0.25, -0.2) is 0 Å². The van der Waals surface area contributed by atoms with E-state index in [9.17, 15) is 4.79 Å². The second-order valence-electron chi connectivity index (χ2n) is 5.32. The van der Waals surface area contributed by atoms with Gasteiger partial charge in [0.05, 0.1) is 17.8 Å². The summed E-state index contributed by atoms with van der Waals surface area (Å²) in [5, 5.41) is 7.85. The summed E-state index contributed by atoms with van der Waals surface area (Å²) in [7, 11) is 1.93. The van der Waals surface area contributed by atoms with E-state index >= 15 is 0 Å². The Hall–Kier alpha value is -2.01. The van der Waals surface area contributed by atoms with Crippen molar-refractivity contribution >= 4 is 23.2 Å². The smallest absolute Gasteiger partial charge is 0.253 e. The number of hydrogen-bond acceptors (Lipinski definition) is 3. The highest BCUT2D eigenvalue weighted by atomic mass is 35.5. The lowest BCUT2D eigenvalue weighted by atomic mass is 9.92. The van der Waals surface area contributed by atoms with Gasteiger partial charge in [0.15, 0.2) is 0 Å². The Balaban J connectivity index is 1.82. The van der Waals surface area contributed by atoms with E-state index in [2.05, 4.69) is 10.4 Å². The van der Waals surface area contributed by atoms with E-state index in [1.165, 1.54) is 5.69 Å². The summed E-state index contributed by atoms with van der Waals surface area (Å²) < 4.78 is 1.88. The number of nitrogen functional groups attached to an aromatic ring is 1. The minimum Gasteiger partial charge on any atom is -0.398 e. The van der Waals surface area contributed by atoms with Crippen LogP contribution >= 0.6 is 11.6 Å². The van der Waals surface area contributed by atoms with Gasteiger partial charge in [-0.1, -0.05) is 11.6 Å². The summed E-state index contributed by atoms with van der Waals surface area (Å²) in [5.74, 6) is -0.175. The first-order chi connectivity index (χ1) is 10.1. The quantitative estimate of drug-likeness (QED) is 0.837. The van der Waals surface area contributed by atoms with Crippen molar-refractivity contribution in [1.29, 1.82) is 0 Å². The molecule has 0 bridgehead atoms. The Kier molecular flexibility index (Phi) is 3.59. The van der Waals surface area contributed by atoms with Crippen LogP contribution in [0.4, 0.5) is 5.69 Å². The molecule has 1 atom stereocenters. The Labute approximate surface area is 128 Å². The molecule has 3 rings (SSSR count). The number of nitrogens with one attached hydrogen (secondary N) is 1. The number of benzene rings is 1. The van der Waals surface area contributed by atoms with Gasteiger partial charge in [0.1, 0.15) is 0 Å². The van der Waals surface area contributed by atoms with E-state index in [4.69, 9.17) is 17.3 Å². The Morgan fingerprint density at radius 1 is 1.52 bits per heavy atom. The summed E-state index contributed by atoms with van der Waals surface area (Å²) in [6.07, 6.45) is 4.79. The second-order valence-corrected chi connectivity index (χ2v) is 5.76. The number of amides is 1. The van der Waals surface area contributed by atoms with Crippen LogP contribution in [0.2, 0.25) is 5.02 Å². The van der Waals surface area contributed by atoms with Crippen molar-refractivity contribution in [3.05, 3.63) is 46.2 Å². The molecular weight excluding hydrogens is 288 g/mol. The first-order valence-corrected chi connectivity index (χ1v) is 7.30. The molecule has 5 nitrogen and oxygen atoms in total. The predicted octanol–water partition coefficient (Wildman–Crippen LogP) is 2.46. The minimum atomic E-state index is -0.175. The zero-order chi connectivity index (χ0) is 15.0. The Bertz CT molecular complexity index is 695. The van der Waals surface area contributed by atoms with Gasteiger partial charge >= 0.3 is 0 Å². The molecule has 2 aromatic rings. The topological polar surface area (TPSA) is 72.9 Å². The fourth-order valence-corrected chi connectivity index (χ4v) is 3.01. The molecule has 0 fully saturated rings. The first-order valence-electron chi connectivity index (χ1n) is 6.93. The molecule has 1 aromatic carbocycles. The maximum absolute atomic E-state index is 12.4. The second kappa shape index (κ2) is 5.41. The fraction of sp³-hybridized carbons (Fsp3) is 0.333. The number of nitrogens with two attached hydrogens (primary N) is 1. The van der Waals surface area contributed by atoms with Crippen LogP contribution in [0.3, 0.4) is 0 Å². The predicted molar refractivity (Wildman–Crippen MR) is 82.2 cm³/mol. The van der Waals surface area contributed by atoms with Crippen LogP contribution in [0.1, 0.15) is 40.5 Å². The molecule has 6 heteroatoms. The van der Waals surface area contributed by atoms with E-state index in [0.29, 0.717) is 16.3 Å². The van der Waals surface area contributed by atoms with Gasteiger partial charge in [-0.15, -0.1) is 0 Å². The van der Waals surface area contributed by atoms with Crippen LogP contribution in [0.5, 0.6) is 0 Å². The molecule has 0 aliphatic heterocycles. The summed E-state index contributed by atoms with van der Waals surface area (Å²) in [4.78, 5) is 12.4. The van der Waals surface area contributed by atoms with Crippen LogP contribution in [0.25, 0.3) is 0 Å². The molecular formula is C15H17ClN4O. The number of fused-ring (bicyclic) bond motifs is 1. The van der Waals surface area contributed by atoms with Crippen molar-refractivity contribution in [2.24, 2.45) is 7.05 Å². The highest BCUT2D eigenvalue weighted by Crippen LogP contribution is 2.29. The third-order valence-electron chi connectivity index (χ3n) is 3.94. The molecule has 3 N–H and O–H groups in total. The van der Waals surface area contributed by atoms with Gasteiger partial charge in [-0.05, 0) is 37.5 Å². The van der Waals surface area contributed by atoms with Gasteiger partial charge in [-0.3, -0.25) is 9.48 Å². The molecule has 0 saturated heterocycles. The van der Waals surface area contributed by atoms with E-state index < -0.39 is 0 Å².